The highest BCUT2D eigenvalue weighted by molar-refractivity contribution is 14.1. The minimum Gasteiger partial charge on any atom is -0.496 e. The molecule has 0 radical (unpaired) electrons. The average Bonchev–Trinajstić information content (AvgIpc) is 3.34. The van der Waals surface area contributed by atoms with E-state index in [1.807, 2.05) is 53.1 Å². The fraction of sp³-hybridized carbons (Fsp3) is 0.143. The zero-order valence-electron chi connectivity index (χ0n) is 23.5. The second-order valence-corrected chi connectivity index (χ2v) is 14.0. The Labute approximate surface area is 284 Å². The summed E-state index contributed by atoms with van der Waals surface area (Å²) in [6.07, 6.45) is 3.55. The predicted octanol–water partition coefficient (Wildman–Crippen LogP) is 7.25. The largest absolute Gasteiger partial charge is 0.496 e. The van der Waals surface area contributed by atoms with Gasteiger partial charge in [0.05, 0.1) is 27.0 Å². The van der Waals surface area contributed by atoms with E-state index in [2.05, 4.69) is 63.4 Å². The number of benzene rings is 4. The van der Waals surface area contributed by atoms with E-state index in [1.54, 1.807) is 25.3 Å². The van der Waals surface area contributed by atoms with Crippen LogP contribution in [0.3, 0.4) is 0 Å². The van der Waals surface area contributed by atoms with E-state index in [-0.39, 0.29) is 24.0 Å². The summed E-state index contributed by atoms with van der Waals surface area (Å²) in [7, 11) is 1.66. The number of aromatic nitrogens is 1. The molecule has 0 saturated carbocycles. The van der Waals surface area contributed by atoms with Crippen LogP contribution in [0.15, 0.2) is 100 Å². The summed E-state index contributed by atoms with van der Waals surface area (Å²) in [5.74, 6) is 1.02. The molecule has 0 unspecified atom stereocenters. The normalized spacial score (nSPS) is 15.7. The van der Waals surface area contributed by atoms with E-state index in [0.717, 1.165) is 53.7 Å². The van der Waals surface area contributed by atoms with Gasteiger partial charge in [-0.05, 0) is 99.5 Å². The number of para-hydroxylation sites is 1. The van der Waals surface area contributed by atoms with Crippen molar-refractivity contribution in [3.63, 3.8) is 0 Å². The van der Waals surface area contributed by atoms with E-state index < -0.39 is 0 Å². The van der Waals surface area contributed by atoms with Crippen molar-refractivity contribution in [2.24, 2.45) is 4.99 Å². The van der Waals surface area contributed by atoms with Crippen molar-refractivity contribution in [3.05, 3.63) is 151 Å². The zero-order valence-corrected chi connectivity index (χ0v) is 28.7. The van der Waals surface area contributed by atoms with Gasteiger partial charge in [0.15, 0.2) is 4.80 Å². The second-order valence-electron chi connectivity index (χ2n) is 10.5. The van der Waals surface area contributed by atoms with Crippen LogP contribution in [0.25, 0.3) is 11.8 Å². The molecule has 2 aliphatic rings. The van der Waals surface area contributed by atoms with Crippen LogP contribution < -0.4 is 24.4 Å². The Hall–Kier alpha value is -3.29. The van der Waals surface area contributed by atoms with Gasteiger partial charge in [-0.2, -0.15) is 0 Å². The fourth-order valence-electron chi connectivity index (χ4n) is 5.94. The predicted molar refractivity (Wildman–Crippen MR) is 188 cm³/mol. The molecule has 9 heteroatoms. The van der Waals surface area contributed by atoms with Gasteiger partial charge in [0.2, 0.25) is 0 Å². The molecule has 5 aromatic rings. The highest BCUT2D eigenvalue weighted by atomic mass is 127. The lowest BCUT2D eigenvalue weighted by Gasteiger charge is -2.31. The summed E-state index contributed by atoms with van der Waals surface area (Å²) >= 11 is 5.86. The Bertz CT molecular complexity index is 2150. The number of hydrogen-bond donors (Lipinski definition) is 0. The summed E-state index contributed by atoms with van der Waals surface area (Å²) in [5.41, 5.74) is 6.46. The maximum absolute atomic E-state index is 14.4. The van der Waals surface area contributed by atoms with Crippen molar-refractivity contribution < 1.29 is 13.9 Å². The Morgan fingerprint density at radius 2 is 1.80 bits per heavy atom. The SMILES string of the molecule is COc1ccccc1[C@H]1C2=C(N=c3s/c(=C/c4cc(I)cc(I)c4OCc4ccccc4F)c(=O)n31)c1ccccc1CC2. The quantitative estimate of drug-likeness (QED) is 0.170. The van der Waals surface area contributed by atoms with Crippen LogP contribution in [0.4, 0.5) is 4.39 Å². The third kappa shape index (κ3) is 5.32. The molecule has 0 saturated heterocycles. The number of ether oxygens (including phenoxy) is 2. The highest BCUT2D eigenvalue weighted by Gasteiger charge is 2.34. The van der Waals surface area contributed by atoms with Crippen LogP contribution in [0, 0.1) is 13.0 Å². The van der Waals surface area contributed by atoms with Crippen molar-refractivity contribution in [2.45, 2.75) is 25.5 Å². The molecule has 1 aliphatic carbocycles. The number of thiazole rings is 1. The van der Waals surface area contributed by atoms with Crippen molar-refractivity contribution in [3.8, 4) is 11.5 Å². The van der Waals surface area contributed by atoms with Crippen LogP contribution in [0.1, 0.15) is 40.3 Å². The first-order valence-electron chi connectivity index (χ1n) is 14.0. The fourth-order valence-corrected chi connectivity index (χ4v) is 8.97. The third-order valence-corrected chi connectivity index (χ3v) is 10.4. The molecular weight excluding hydrogens is 801 g/mol. The molecule has 4 aromatic carbocycles. The van der Waals surface area contributed by atoms with Gasteiger partial charge in [0.25, 0.3) is 5.56 Å². The first-order chi connectivity index (χ1) is 21.4. The minimum absolute atomic E-state index is 0.0747. The molecule has 1 aliphatic heterocycles. The molecular formula is C35H25FI2N2O3S. The van der Waals surface area contributed by atoms with Crippen LogP contribution in [-0.4, -0.2) is 11.7 Å². The summed E-state index contributed by atoms with van der Waals surface area (Å²) in [6, 6.07) is 26.5. The van der Waals surface area contributed by atoms with Gasteiger partial charge >= 0.3 is 0 Å². The van der Waals surface area contributed by atoms with Gasteiger partial charge in [-0.15, -0.1) is 0 Å². The zero-order chi connectivity index (χ0) is 30.4. The second kappa shape index (κ2) is 12.2. The number of nitrogens with zero attached hydrogens (tertiary/aromatic N) is 2. The van der Waals surface area contributed by atoms with Crippen LogP contribution in [-0.2, 0) is 13.0 Å². The molecule has 7 rings (SSSR count). The molecule has 220 valence electrons. The molecule has 2 heterocycles. The smallest absolute Gasteiger partial charge is 0.271 e. The van der Waals surface area contributed by atoms with Gasteiger partial charge < -0.3 is 9.47 Å². The molecule has 0 bridgehead atoms. The summed E-state index contributed by atoms with van der Waals surface area (Å²) in [5, 5.41) is 0. The van der Waals surface area contributed by atoms with Crippen molar-refractivity contribution in [2.75, 3.05) is 7.11 Å². The van der Waals surface area contributed by atoms with Gasteiger partial charge in [-0.1, -0.05) is 72.0 Å². The van der Waals surface area contributed by atoms with Gasteiger partial charge in [0, 0.05) is 25.8 Å². The molecule has 0 fully saturated rings. The molecule has 0 N–H and O–H groups in total. The maximum Gasteiger partial charge on any atom is 0.271 e. The lowest BCUT2D eigenvalue weighted by atomic mass is 9.83. The monoisotopic (exact) mass is 826 g/mol. The van der Waals surface area contributed by atoms with E-state index in [9.17, 15) is 9.18 Å². The summed E-state index contributed by atoms with van der Waals surface area (Å²) in [4.78, 5) is 20.1. The minimum atomic E-state index is -0.347. The van der Waals surface area contributed by atoms with Crippen LogP contribution in [0.5, 0.6) is 11.5 Å². The number of methoxy groups -OCH3 is 1. The number of aryl methyl sites for hydroxylation is 1. The van der Waals surface area contributed by atoms with Crippen molar-refractivity contribution in [1.82, 2.24) is 4.57 Å². The number of halogens is 3. The van der Waals surface area contributed by atoms with Crippen LogP contribution >= 0.6 is 56.5 Å². The van der Waals surface area contributed by atoms with E-state index in [1.165, 1.54) is 23.0 Å². The number of fused-ring (bicyclic) bond motifs is 3. The number of rotatable bonds is 6. The summed E-state index contributed by atoms with van der Waals surface area (Å²) in [6.45, 7) is 0.0747. The lowest BCUT2D eigenvalue weighted by Crippen LogP contribution is -2.39. The Morgan fingerprint density at radius 1 is 1.02 bits per heavy atom. The number of allylic oxidation sites excluding steroid dienone is 1. The van der Waals surface area contributed by atoms with Crippen molar-refractivity contribution in [1.29, 1.82) is 0 Å². The Kier molecular flexibility index (Phi) is 8.19. The van der Waals surface area contributed by atoms with Crippen molar-refractivity contribution >= 4 is 68.3 Å². The average molecular weight is 826 g/mol. The van der Waals surface area contributed by atoms with E-state index in [4.69, 9.17) is 14.5 Å². The third-order valence-electron chi connectivity index (χ3n) is 7.96. The first kappa shape index (κ1) is 29.4. The molecule has 1 aromatic heterocycles. The molecule has 44 heavy (non-hydrogen) atoms. The highest BCUT2D eigenvalue weighted by Crippen LogP contribution is 2.43. The molecule has 0 amide bonds. The standard InChI is InChI=1S/C35H25FI2N2O3S/c1-42-29-13-7-5-11-25(29)32-26-15-14-20-8-2-4-10-24(20)31(26)39-35-40(32)34(41)30(44-35)17-22-16-23(37)18-28(38)33(22)43-19-21-9-3-6-12-27(21)36/h2-13,16-18,32H,14-15,19H2,1H3/b30-17+/t32-/m0/s1. The lowest BCUT2D eigenvalue weighted by molar-refractivity contribution is 0.297. The topological polar surface area (TPSA) is 52.8 Å². The maximum atomic E-state index is 14.4. The summed E-state index contributed by atoms with van der Waals surface area (Å²) < 4.78 is 30.6. The Morgan fingerprint density at radius 3 is 2.64 bits per heavy atom. The first-order valence-corrected chi connectivity index (χ1v) is 17.0. The van der Waals surface area contributed by atoms with E-state index >= 15 is 0 Å². The van der Waals surface area contributed by atoms with Gasteiger partial charge in [0.1, 0.15) is 23.9 Å². The molecule has 5 nitrogen and oxygen atoms in total. The number of hydrogen-bond acceptors (Lipinski definition) is 5. The van der Waals surface area contributed by atoms with E-state index in [0.29, 0.717) is 20.6 Å². The van der Waals surface area contributed by atoms with Gasteiger partial charge in [-0.3, -0.25) is 9.36 Å². The van der Waals surface area contributed by atoms with Crippen LogP contribution in [0.2, 0.25) is 0 Å². The molecule has 1 atom stereocenters. The molecule has 0 spiro atoms. The Balaban J connectivity index is 1.41. The van der Waals surface area contributed by atoms with Gasteiger partial charge in [-0.25, -0.2) is 9.38 Å².